The van der Waals surface area contributed by atoms with Crippen LogP contribution in [0.4, 0.5) is 0 Å². The van der Waals surface area contributed by atoms with Crippen LogP contribution in [0.1, 0.15) is 20.7 Å². The molecule has 0 aliphatic carbocycles. The van der Waals surface area contributed by atoms with Crippen molar-refractivity contribution in [3.05, 3.63) is 50.2 Å². The van der Waals surface area contributed by atoms with Crippen molar-refractivity contribution in [1.29, 1.82) is 0 Å². The molecule has 1 fully saturated rings. The van der Waals surface area contributed by atoms with E-state index >= 15 is 0 Å². The zero-order chi connectivity index (χ0) is 22.1. The molecule has 0 spiro atoms. The van der Waals surface area contributed by atoms with Crippen LogP contribution in [0.5, 0.6) is 0 Å². The van der Waals surface area contributed by atoms with Crippen molar-refractivity contribution in [2.75, 3.05) is 11.5 Å². The standard InChI is InChI=1S/C18H16N4O5S4.Na/c19-10(9-2-1-4-28-9)13(23)21-11-15(24)22-12(17(25)26)8(6-30-16(11)22)7-31-18(27)14-20-3-5-29-14;/h1-5,10-11,16H,6-7,19H2,(H,21,23)(H,25,26);/q;+1/p-1/t10?,11?,16-;/m0./s1. The first-order chi connectivity index (χ1) is 14.9. The van der Waals surface area contributed by atoms with E-state index in [1.807, 2.05) is 0 Å². The molecule has 9 nitrogen and oxygen atoms in total. The Balaban J connectivity index is 0.00000289. The molecule has 0 aromatic carbocycles. The fourth-order valence-corrected chi connectivity index (χ4v) is 6.87. The number of β-lactam (4-membered cyclic amide) rings is 1. The molecule has 0 saturated carbocycles. The third-order valence-electron chi connectivity index (χ3n) is 4.65. The van der Waals surface area contributed by atoms with Gasteiger partial charge in [-0.05, 0) is 17.0 Å². The van der Waals surface area contributed by atoms with Crippen LogP contribution >= 0.6 is 46.2 Å². The smallest absolute Gasteiger partial charge is 0.543 e. The minimum Gasteiger partial charge on any atom is -0.543 e. The first kappa shape index (κ1) is 25.4. The number of nitrogens with zero attached hydrogens (tertiary/aromatic N) is 2. The van der Waals surface area contributed by atoms with Gasteiger partial charge < -0.3 is 21.0 Å². The second kappa shape index (κ2) is 10.8. The van der Waals surface area contributed by atoms with Gasteiger partial charge >= 0.3 is 29.6 Å². The first-order valence-electron chi connectivity index (χ1n) is 8.92. The van der Waals surface area contributed by atoms with Crippen molar-refractivity contribution in [3.8, 4) is 0 Å². The Kier molecular flexibility index (Phi) is 8.60. The molecular weight excluding hydrogens is 503 g/mol. The van der Waals surface area contributed by atoms with Crippen molar-refractivity contribution in [1.82, 2.24) is 15.2 Å². The maximum absolute atomic E-state index is 12.7. The molecule has 0 bridgehead atoms. The minimum absolute atomic E-state index is 0. The summed E-state index contributed by atoms with van der Waals surface area (Å²) in [6.45, 7) is 0. The Bertz CT molecular complexity index is 1060. The van der Waals surface area contributed by atoms with E-state index in [9.17, 15) is 24.3 Å². The van der Waals surface area contributed by atoms with E-state index in [1.165, 1.54) is 40.6 Å². The molecule has 3 atom stereocenters. The van der Waals surface area contributed by atoms with E-state index in [0.717, 1.165) is 16.7 Å². The summed E-state index contributed by atoms with van der Waals surface area (Å²) in [5.41, 5.74) is 6.13. The number of fused-ring (bicyclic) bond motifs is 1. The summed E-state index contributed by atoms with van der Waals surface area (Å²) in [5, 5.41) is 17.4. The Morgan fingerprint density at radius 1 is 1.34 bits per heavy atom. The molecule has 2 aromatic rings. The molecule has 162 valence electrons. The Hall–Kier alpha value is -1.19. The van der Waals surface area contributed by atoms with Gasteiger partial charge in [0.2, 0.25) is 11.0 Å². The number of hydrogen-bond acceptors (Lipinski definition) is 11. The number of carbonyl (C=O) groups is 4. The number of aromatic nitrogens is 1. The molecule has 32 heavy (non-hydrogen) atoms. The molecule has 1 saturated heterocycles. The molecule has 2 unspecified atom stereocenters. The van der Waals surface area contributed by atoms with Crippen LogP contribution in [-0.2, 0) is 14.4 Å². The zero-order valence-electron chi connectivity index (χ0n) is 16.7. The number of aliphatic carboxylic acids is 1. The summed E-state index contributed by atoms with van der Waals surface area (Å²) in [7, 11) is 0. The number of thioether (sulfide) groups is 2. The van der Waals surface area contributed by atoms with Crippen LogP contribution in [0, 0.1) is 0 Å². The van der Waals surface area contributed by atoms with Crippen molar-refractivity contribution in [2.45, 2.75) is 17.5 Å². The van der Waals surface area contributed by atoms with Gasteiger partial charge in [0, 0.05) is 28.0 Å². The van der Waals surface area contributed by atoms with Gasteiger partial charge in [-0.15, -0.1) is 34.4 Å². The number of rotatable bonds is 7. The summed E-state index contributed by atoms with van der Waals surface area (Å²) >= 11 is 4.78. The molecule has 3 N–H and O–H groups in total. The molecule has 4 rings (SSSR count). The second-order valence-corrected chi connectivity index (χ2v) is 10.5. The van der Waals surface area contributed by atoms with E-state index < -0.39 is 35.2 Å². The van der Waals surface area contributed by atoms with E-state index in [4.69, 9.17) is 5.73 Å². The van der Waals surface area contributed by atoms with Crippen molar-refractivity contribution >= 4 is 69.1 Å². The maximum Gasteiger partial charge on any atom is 1.00 e. The monoisotopic (exact) mass is 518 g/mol. The van der Waals surface area contributed by atoms with Gasteiger partial charge in [-0.2, -0.15) is 0 Å². The van der Waals surface area contributed by atoms with E-state index in [-0.39, 0.29) is 46.1 Å². The summed E-state index contributed by atoms with van der Waals surface area (Å²) in [4.78, 5) is 54.8. The van der Waals surface area contributed by atoms with Crippen molar-refractivity contribution in [3.63, 3.8) is 0 Å². The Morgan fingerprint density at radius 3 is 2.75 bits per heavy atom. The topological polar surface area (TPSA) is 146 Å². The summed E-state index contributed by atoms with van der Waals surface area (Å²) < 4.78 is 0. The first-order valence-corrected chi connectivity index (χ1v) is 12.7. The molecule has 14 heteroatoms. The molecule has 2 aliphatic heterocycles. The summed E-state index contributed by atoms with van der Waals surface area (Å²) in [6.07, 6.45) is 1.52. The SMILES string of the molecule is NC(C(=O)NC1C(=O)N2C(C(=O)[O-])=C(CSC(=O)c3nccs3)CS[C@@H]12)c1cccs1.[Na+]. The van der Waals surface area contributed by atoms with Gasteiger partial charge in [-0.25, -0.2) is 4.98 Å². The molecule has 2 aliphatic rings. The van der Waals surface area contributed by atoms with E-state index in [0.29, 0.717) is 21.2 Å². The van der Waals surface area contributed by atoms with Gasteiger partial charge in [0.15, 0.2) is 5.01 Å². The van der Waals surface area contributed by atoms with Crippen molar-refractivity contribution < 1.29 is 53.8 Å². The molecule has 0 radical (unpaired) electrons. The fourth-order valence-electron chi connectivity index (χ4n) is 3.16. The van der Waals surface area contributed by atoms with Gasteiger partial charge in [0.25, 0.3) is 5.91 Å². The number of thiophene rings is 1. The Morgan fingerprint density at radius 2 is 2.12 bits per heavy atom. The molecule has 2 amide bonds. The molecular formula is C18H15N4NaO5S4. The third-order valence-corrected chi connectivity index (χ3v) is 8.80. The van der Waals surface area contributed by atoms with Gasteiger partial charge in [-0.3, -0.25) is 19.3 Å². The van der Waals surface area contributed by atoms with Crippen LogP contribution in [0.25, 0.3) is 0 Å². The fraction of sp³-hybridized carbons (Fsp3) is 0.278. The predicted molar refractivity (Wildman–Crippen MR) is 117 cm³/mol. The maximum atomic E-state index is 12.7. The van der Waals surface area contributed by atoms with Crippen molar-refractivity contribution in [2.24, 2.45) is 5.73 Å². The quantitative estimate of drug-likeness (QED) is 0.293. The number of thiazole rings is 1. The average Bonchev–Trinajstić information content (AvgIpc) is 3.48. The number of carboxylic acids is 1. The Labute approximate surface area is 221 Å². The molecule has 4 heterocycles. The third kappa shape index (κ3) is 4.99. The normalized spacial score (nSPS) is 20.7. The number of amides is 2. The van der Waals surface area contributed by atoms with Crippen LogP contribution < -0.4 is 45.7 Å². The van der Waals surface area contributed by atoms with Crippen LogP contribution in [0.3, 0.4) is 0 Å². The number of nitrogens with two attached hydrogens (primary N) is 1. The molecule has 2 aromatic heterocycles. The van der Waals surface area contributed by atoms with E-state index in [1.54, 1.807) is 22.9 Å². The van der Waals surface area contributed by atoms with Gasteiger partial charge in [0.05, 0.1) is 11.7 Å². The van der Waals surface area contributed by atoms with Gasteiger partial charge in [-0.1, -0.05) is 17.8 Å². The largest absolute Gasteiger partial charge is 1.00 e. The van der Waals surface area contributed by atoms with Gasteiger partial charge in [0.1, 0.15) is 17.5 Å². The summed E-state index contributed by atoms with van der Waals surface area (Å²) in [6, 6.07) is 1.72. The number of hydrogen-bond donors (Lipinski definition) is 2. The van der Waals surface area contributed by atoms with Crippen LogP contribution in [0.15, 0.2) is 40.4 Å². The average molecular weight is 519 g/mol. The predicted octanol–water partition coefficient (Wildman–Crippen LogP) is -2.81. The van der Waals surface area contributed by atoms with Crippen LogP contribution in [-0.4, -0.2) is 55.7 Å². The minimum atomic E-state index is -1.49. The summed E-state index contributed by atoms with van der Waals surface area (Å²) in [5.74, 6) is -2.14. The number of carboxylic acid groups (broad SMARTS) is 1. The number of carbonyl (C=O) groups excluding carboxylic acids is 4. The number of nitrogens with one attached hydrogen (secondary N) is 1. The van der Waals surface area contributed by atoms with Crippen LogP contribution in [0.2, 0.25) is 0 Å². The van der Waals surface area contributed by atoms with E-state index in [2.05, 4.69) is 10.3 Å². The zero-order valence-corrected chi connectivity index (χ0v) is 21.9. The second-order valence-electron chi connectivity index (χ2n) is 6.54.